The van der Waals surface area contributed by atoms with E-state index in [4.69, 9.17) is 22.7 Å². The highest BCUT2D eigenvalue weighted by molar-refractivity contribution is 6.31. The summed E-state index contributed by atoms with van der Waals surface area (Å²) in [7, 11) is 0. The van der Waals surface area contributed by atoms with Crippen LogP contribution in [0.15, 0.2) is 47.4 Å². The highest BCUT2D eigenvalue weighted by atomic mass is 35.5. The van der Waals surface area contributed by atoms with Gasteiger partial charge in [0.2, 0.25) is 0 Å². The number of rotatable bonds is 12. The fourth-order valence-electron chi connectivity index (χ4n) is 4.75. The number of nitrogens with two attached hydrogens (primary N) is 1. The fourth-order valence-corrected chi connectivity index (χ4v) is 4.99. The molecule has 218 valence electrons. The number of benzene rings is 2. The number of hydrogen-bond acceptors (Lipinski definition) is 5. The zero-order valence-electron chi connectivity index (χ0n) is 23.5. The minimum atomic E-state index is -0.596. The van der Waals surface area contributed by atoms with E-state index >= 15 is 8.78 Å². The van der Waals surface area contributed by atoms with Crippen LogP contribution in [-0.2, 0) is 6.42 Å². The van der Waals surface area contributed by atoms with Crippen LogP contribution >= 0.6 is 11.6 Å². The third kappa shape index (κ3) is 7.58. The summed E-state index contributed by atoms with van der Waals surface area (Å²) in [5.41, 5.74) is 7.95. The van der Waals surface area contributed by atoms with Crippen molar-refractivity contribution in [3.05, 3.63) is 80.9 Å². The van der Waals surface area contributed by atoms with Crippen molar-refractivity contribution in [1.82, 2.24) is 25.2 Å². The molecule has 4 rings (SSSR count). The van der Waals surface area contributed by atoms with Gasteiger partial charge in [-0.2, -0.15) is 4.98 Å². The van der Waals surface area contributed by atoms with E-state index in [-0.39, 0.29) is 22.7 Å². The molecule has 2 aromatic carbocycles. The first-order valence-electron chi connectivity index (χ1n) is 13.7. The molecule has 41 heavy (non-hydrogen) atoms. The maximum Gasteiger partial charge on any atom is 0.354 e. The average molecular weight is 584 g/mol. The van der Waals surface area contributed by atoms with Crippen molar-refractivity contribution in [1.29, 1.82) is 5.41 Å². The lowest BCUT2D eigenvalue weighted by Crippen LogP contribution is -2.26. The Labute approximate surface area is 242 Å². The second kappa shape index (κ2) is 13.4. The lowest BCUT2D eigenvalue weighted by atomic mass is 10.0. The summed E-state index contributed by atoms with van der Waals surface area (Å²) >= 11 is 6.21. The number of aromatic amines is 1. The second-order valence-electron chi connectivity index (χ2n) is 10.5. The van der Waals surface area contributed by atoms with Crippen LogP contribution in [0.2, 0.25) is 5.02 Å². The van der Waals surface area contributed by atoms with Gasteiger partial charge < -0.3 is 21.4 Å². The molecule has 0 fully saturated rings. The van der Waals surface area contributed by atoms with E-state index < -0.39 is 17.3 Å². The lowest BCUT2D eigenvalue weighted by Gasteiger charge is -2.16. The number of nitrogens with one attached hydrogen (secondary N) is 4. The number of hydrogen-bond donors (Lipinski definition) is 5. The standard InChI is InChI=1S/C30H36ClF2N7O/c1-17(34)6-4-7-20-12-24(28(33)25(31)13-20)27-14-21-16-40(30(41)39-29(21)38-27)22-8-9-23(26(32)15-22)18(2)36-10-5-11-37-19(3)35/h8-9,12-18,36H,4-7,10-11,34H2,1-3H3,(H2,35,37)(H,38,39,41)/t17-,18-/m0/s1. The monoisotopic (exact) mass is 583 g/mol. The molecule has 2 aromatic heterocycles. The van der Waals surface area contributed by atoms with E-state index in [1.54, 1.807) is 43.5 Å². The quantitative estimate of drug-likeness (QED) is 0.0842. The normalized spacial score (nSPS) is 13.0. The maximum absolute atomic E-state index is 15.1. The molecule has 0 saturated carbocycles. The van der Waals surface area contributed by atoms with Gasteiger partial charge in [0.25, 0.3) is 0 Å². The molecule has 2 atom stereocenters. The SMILES string of the molecule is CC(=N)NCCCN[C@@H](C)c1ccc(-n2cc3cc(-c4cc(CCC[C@H](C)N)cc(Cl)c4F)[nH]c3nc2=O)cc1F. The molecule has 6 N–H and O–H groups in total. The molecule has 0 aliphatic carbocycles. The van der Waals surface area contributed by atoms with Crippen molar-refractivity contribution < 1.29 is 8.78 Å². The molecule has 2 heterocycles. The molecule has 11 heteroatoms. The molecule has 0 aliphatic rings. The van der Waals surface area contributed by atoms with Gasteiger partial charge in [0.05, 0.1) is 22.2 Å². The first-order chi connectivity index (χ1) is 19.5. The van der Waals surface area contributed by atoms with Crippen molar-refractivity contribution in [2.24, 2.45) is 5.73 Å². The van der Waals surface area contributed by atoms with Crippen LogP contribution in [-0.4, -0.2) is 39.5 Å². The molecule has 0 bridgehead atoms. The topological polar surface area (TPSA) is 125 Å². The number of fused-ring (bicyclic) bond motifs is 1. The molecule has 0 aliphatic heterocycles. The lowest BCUT2D eigenvalue weighted by molar-refractivity contribution is 0.519. The zero-order valence-corrected chi connectivity index (χ0v) is 24.2. The fraction of sp³-hybridized carbons (Fsp3) is 0.367. The van der Waals surface area contributed by atoms with Crippen LogP contribution < -0.4 is 22.1 Å². The molecule has 0 amide bonds. The van der Waals surface area contributed by atoms with Crippen LogP contribution in [0.4, 0.5) is 8.78 Å². The Morgan fingerprint density at radius 1 is 1.17 bits per heavy atom. The van der Waals surface area contributed by atoms with Crippen molar-refractivity contribution in [2.45, 2.75) is 58.5 Å². The summed E-state index contributed by atoms with van der Waals surface area (Å²) in [6.07, 6.45) is 4.74. The average Bonchev–Trinajstić information content (AvgIpc) is 3.31. The summed E-state index contributed by atoms with van der Waals surface area (Å²) < 4.78 is 31.4. The van der Waals surface area contributed by atoms with E-state index in [1.165, 1.54) is 10.6 Å². The molecule has 0 unspecified atom stereocenters. The van der Waals surface area contributed by atoms with Crippen molar-refractivity contribution in [3.63, 3.8) is 0 Å². The number of aromatic nitrogens is 3. The Morgan fingerprint density at radius 2 is 1.95 bits per heavy atom. The number of amidine groups is 1. The first-order valence-corrected chi connectivity index (χ1v) is 14.1. The molecule has 0 saturated heterocycles. The largest absolute Gasteiger partial charge is 0.374 e. The second-order valence-corrected chi connectivity index (χ2v) is 10.9. The summed E-state index contributed by atoms with van der Waals surface area (Å²) in [4.78, 5) is 20.0. The van der Waals surface area contributed by atoms with Crippen molar-refractivity contribution in [2.75, 3.05) is 13.1 Å². The maximum atomic E-state index is 15.1. The third-order valence-electron chi connectivity index (χ3n) is 6.93. The predicted molar refractivity (Wildman–Crippen MR) is 161 cm³/mol. The Balaban J connectivity index is 1.56. The Hall–Kier alpha value is -3.60. The number of H-pyrrole nitrogens is 1. The van der Waals surface area contributed by atoms with Crippen LogP contribution in [0.1, 0.15) is 57.2 Å². The van der Waals surface area contributed by atoms with Gasteiger partial charge >= 0.3 is 5.69 Å². The van der Waals surface area contributed by atoms with Crippen molar-refractivity contribution >= 4 is 28.5 Å². The van der Waals surface area contributed by atoms with Crippen LogP contribution in [0.3, 0.4) is 0 Å². The summed E-state index contributed by atoms with van der Waals surface area (Å²) in [5.74, 6) is -0.603. The molecule has 8 nitrogen and oxygen atoms in total. The van der Waals surface area contributed by atoms with Gasteiger partial charge in [0.1, 0.15) is 11.5 Å². The van der Waals surface area contributed by atoms with E-state index in [9.17, 15) is 4.79 Å². The van der Waals surface area contributed by atoms with Gasteiger partial charge in [0.15, 0.2) is 5.82 Å². The Kier molecular flexibility index (Phi) is 9.90. The minimum Gasteiger partial charge on any atom is -0.374 e. The summed E-state index contributed by atoms with van der Waals surface area (Å²) in [6.45, 7) is 6.81. The van der Waals surface area contributed by atoms with Gasteiger partial charge in [-0.1, -0.05) is 17.7 Å². The van der Waals surface area contributed by atoms with E-state index in [0.29, 0.717) is 53.3 Å². The minimum absolute atomic E-state index is 0.0156. The smallest absolute Gasteiger partial charge is 0.354 e. The molecular formula is C30H36ClF2N7O. The van der Waals surface area contributed by atoms with E-state index in [1.807, 2.05) is 13.8 Å². The van der Waals surface area contributed by atoms with Crippen LogP contribution in [0.25, 0.3) is 28.0 Å². The zero-order chi connectivity index (χ0) is 29.7. The molecule has 0 spiro atoms. The van der Waals surface area contributed by atoms with Gasteiger partial charge in [-0.25, -0.2) is 13.6 Å². The number of nitrogens with zero attached hydrogens (tertiary/aromatic N) is 2. The molecule has 0 radical (unpaired) electrons. The van der Waals surface area contributed by atoms with Gasteiger partial charge in [-0.15, -0.1) is 0 Å². The molecule has 4 aromatic rings. The van der Waals surface area contributed by atoms with Crippen LogP contribution in [0, 0.1) is 17.0 Å². The van der Waals surface area contributed by atoms with Crippen molar-refractivity contribution in [3.8, 4) is 16.9 Å². The van der Waals surface area contributed by atoms with Gasteiger partial charge in [-0.05, 0) is 88.9 Å². The number of aryl methyl sites for hydroxylation is 1. The van der Waals surface area contributed by atoms with E-state index in [0.717, 1.165) is 24.8 Å². The van der Waals surface area contributed by atoms with Gasteiger partial charge in [0, 0.05) is 41.3 Å². The molecular weight excluding hydrogens is 548 g/mol. The number of halogens is 3. The highest BCUT2D eigenvalue weighted by Crippen LogP contribution is 2.31. The highest BCUT2D eigenvalue weighted by Gasteiger charge is 2.17. The Bertz CT molecular complexity index is 1600. The third-order valence-corrected chi connectivity index (χ3v) is 7.21. The van der Waals surface area contributed by atoms with E-state index in [2.05, 4.69) is 20.6 Å². The summed E-state index contributed by atoms with van der Waals surface area (Å²) in [6, 6.07) is 9.53. The predicted octanol–water partition coefficient (Wildman–Crippen LogP) is 5.61. The van der Waals surface area contributed by atoms with Crippen LogP contribution in [0.5, 0.6) is 0 Å². The first kappa shape index (κ1) is 30.4. The summed E-state index contributed by atoms with van der Waals surface area (Å²) in [5, 5.41) is 14.2. The Morgan fingerprint density at radius 3 is 2.66 bits per heavy atom. The van der Waals surface area contributed by atoms with Gasteiger partial charge in [-0.3, -0.25) is 9.98 Å².